The fourth-order valence-corrected chi connectivity index (χ4v) is 5.43. The lowest BCUT2D eigenvalue weighted by Gasteiger charge is -2.25. The number of aryl methyl sites for hydroxylation is 2. The van der Waals surface area contributed by atoms with E-state index >= 15 is 0 Å². The molecule has 206 valence electrons. The first-order chi connectivity index (χ1) is 19.3. The third-order valence-corrected chi connectivity index (χ3v) is 7.88. The highest BCUT2D eigenvalue weighted by Gasteiger charge is 2.28. The van der Waals surface area contributed by atoms with Gasteiger partial charge in [-0.1, -0.05) is 66.2 Å². The summed E-state index contributed by atoms with van der Waals surface area (Å²) in [5.74, 6) is 0.494. The molecule has 0 aliphatic carbocycles. The first-order valence-corrected chi connectivity index (χ1v) is 14.0. The number of nitrogens with one attached hydrogen (secondary N) is 1. The maximum absolute atomic E-state index is 13.6. The smallest absolute Gasteiger partial charge is 0.264 e. The molecule has 0 atom stereocenters. The number of rotatable bonds is 11. The van der Waals surface area contributed by atoms with Gasteiger partial charge in [0.05, 0.1) is 23.9 Å². The normalized spacial score (nSPS) is 11.3. The number of sulfonamides is 1. The zero-order valence-corrected chi connectivity index (χ0v) is 23.4. The number of amides is 1. The average Bonchev–Trinajstić information content (AvgIpc) is 2.96. The van der Waals surface area contributed by atoms with Crippen molar-refractivity contribution >= 4 is 27.8 Å². The van der Waals surface area contributed by atoms with Crippen LogP contribution in [0.3, 0.4) is 0 Å². The van der Waals surface area contributed by atoms with E-state index in [1.165, 1.54) is 18.3 Å². The van der Waals surface area contributed by atoms with Crippen molar-refractivity contribution in [2.45, 2.75) is 25.3 Å². The fourth-order valence-electron chi connectivity index (χ4n) is 3.94. The highest BCUT2D eigenvalue weighted by Crippen LogP contribution is 2.29. The molecule has 4 aromatic carbocycles. The van der Waals surface area contributed by atoms with E-state index in [0.717, 1.165) is 21.0 Å². The third-order valence-electron chi connectivity index (χ3n) is 6.11. The van der Waals surface area contributed by atoms with E-state index in [0.29, 0.717) is 29.4 Å². The fraction of sp³-hybridized carbons (Fsp3) is 0.161. The van der Waals surface area contributed by atoms with E-state index < -0.39 is 22.5 Å². The molecule has 0 aliphatic heterocycles. The standard InChI is InChI=1S/C31H31N3O5S/c1-23-13-16-27(17-14-23)40(36,37)34(28-12-8-7-9-24(28)2)21-31(35)33-32-20-26-15-18-29(30(19-26)38-3)39-22-25-10-5-4-6-11-25/h4-20H,21-22H2,1-3H3,(H,33,35)/b32-20-. The molecular formula is C31H31N3O5S. The van der Waals surface area contributed by atoms with Crippen LogP contribution in [-0.4, -0.2) is 34.2 Å². The minimum Gasteiger partial charge on any atom is -0.493 e. The van der Waals surface area contributed by atoms with Crippen LogP contribution in [0.15, 0.2) is 107 Å². The molecule has 0 unspecified atom stereocenters. The second kappa shape index (κ2) is 12.9. The van der Waals surface area contributed by atoms with Crippen LogP contribution in [0, 0.1) is 13.8 Å². The summed E-state index contributed by atoms with van der Waals surface area (Å²) in [5.41, 5.74) is 6.19. The number of hydrogen-bond donors (Lipinski definition) is 1. The Morgan fingerprint density at radius 2 is 1.60 bits per heavy atom. The van der Waals surface area contributed by atoms with Crippen molar-refractivity contribution in [3.63, 3.8) is 0 Å². The summed E-state index contributed by atoms with van der Waals surface area (Å²) in [7, 11) is -2.47. The van der Waals surface area contributed by atoms with Gasteiger partial charge in [-0.15, -0.1) is 0 Å². The van der Waals surface area contributed by atoms with Crippen LogP contribution in [0.2, 0.25) is 0 Å². The van der Waals surface area contributed by atoms with Gasteiger partial charge < -0.3 is 9.47 Å². The van der Waals surface area contributed by atoms with Crippen molar-refractivity contribution in [3.8, 4) is 11.5 Å². The van der Waals surface area contributed by atoms with Crippen LogP contribution in [0.4, 0.5) is 5.69 Å². The minimum absolute atomic E-state index is 0.0966. The number of benzene rings is 4. The summed E-state index contributed by atoms with van der Waals surface area (Å²) in [6.45, 7) is 3.61. The summed E-state index contributed by atoms with van der Waals surface area (Å²) >= 11 is 0. The van der Waals surface area contributed by atoms with E-state index in [9.17, 15) is 13.2 Å². The highest BCUT2D eigenvalue weighted by atomic mass is 32.2. The molecule has 4 rings (SSSR count). The number of anilines is 1. The number of hydrazone groups is 1. The van der Waals surface area contributed by atoms with Gasteiger partial charge in [-0.25, -0.2) is 13.8 Å². The van der Waals surface area contributed by atoms with Gasteiger partial charge in [0.15, 0.2) is 11.5 Å². The zero-order chi connectivity index (χ0) is 28.5. The number of carbonyl (C=O) groups excluding carboxylic acids is 1. The first-order valence-electron chi connectivity index (χ1n) is 12.6. The summed E-state index contributed by atoms with van der Waals surface area (Å²) in [5, 5.41) is 4.03. The Morgan fingerprint density at radius 1 is 0.900 bits per heavy atom. The summed E-state index contributed by atoms with van der Waals surface area (Å²) in [6, 6.07) is 28.6. The second-order valence-corrected chi connectivity index (χ2v) is 11.0. The van der Waals surface area contributed by atoms with Crippen molar-refractivity contribution in [2.24, 2.45) is 5.10 Å². The van der Waals surface area contributed by atoms with Crippen LogP contribution >= 0.6 is 0 Å². The minimum atomic E-state index is -4.01. The number of ether oxygens (including phenoxy) is 2. The maximum Gasteiger partial charge on any atom is 0.264 e. The Morgan fingerprint density at radius 3 is 2.30 bits per heavy atom. The molecule has 0 saturated carbocycles. The Hall–Kier alpha value is -4.63. The summed E-state index contributed by atoms with van der Waals surface area (Å²) < 4.78 is 39.5. The van der Waals surface area contributed by atoms with E-state index in [4.69, 9.17) is 9.47 Å². The third kappa shape index (κ3) is 7.06. The Kier molecular flexibility index (Phi) is 9.19. The van der Waals surface area contributed by atoms with Crippen molar-refractivity contribution in [3.05, 3.63) is 119 Å². The second-order valence-electron chi connectivity index (χ2n) is 9.09. The van der Waals surface area contributed by atoms with Gasteiger partial charge in [-0.2, -0.15) is 5.10 Å². The lowest BCUT2D eigenvalue weighted by Crippen LogP contribution is -2.40. The number of carbonyl (C=O) groups is 1. The molecule has 0 fully saturated rings. The lowest BCUT2D eigenvalue weighted by molar-refractivity contribution is -0.119. The SMILES string of the molecule is COc1cc(/C=N\NC(=O)CN(c2ccccc2C)S(=O)(=O)c2ccc(C)cc2)ccc1OCc1ccccc1. The van der Waals surface area contributed by atoms with Gasteiger partial charge in [0.2, 0.25) is 0 Å². The molecule has 8 nitrogen and oxygen atoms in total. The van der Waals surface area contributed by atoms with Gasteiger partial charge in [-0.3, -0.25) is 9.10 Å². The molecule has 0 aliphatic rings. The molecule has 0 saturated heterocycles. The molecule has 0 spiro atoms. The van der Waals surface area contributed by atoms with Gasteiger partial charge in [0.25, 0.3) is 15.9 Å². The van der Waals surface area contributed by atoms with Crippen molar-refractivity contribution < 1.29 is 22.7 Å². The lowest BCUT2D eigenvalue weighted by atomic mass is 10.2. The summed E-state index contributed by atoms with van der Waals surface area (Å²) in [4.78, 5) is 13.0. The Bertz CT molecular complexity index is 1590. The van der Waals surface area contributed by atoms with Crippen LogP contribution < -0.4 is 19.2 Å². The quantitative estimate of drug-likeness (QED) is 0.201. The number of para-hydroxylation sites is 1. The molecular weight excluding hydrogens is 526 g/mol. The predicted octanol–water partition coefficient (Wildman–Crippen LogP) is 5.24. The predicted molar refractivity (Wildman–Crippen MR) is 156 cm³/mol. The first kappa shape index (κ1) is 28.4. The molecule has 9 heteroatoms. The molecule has 0 heterocycles. The monoisotopic (exact) mass is 557 g/mol. The zero-order valence-electron chi connectivity index (χ0n) is 22.6. The van der Waals surface area contributed by atoms with Crippen LogP contribution in [0.1, 0.15) is 22.3 Å². The van der Waals surface area contributed by atoms with Crippen molar-refractivity contribution in [1.29, 1.82) is 0 Å². The van der Waals surface area contributed by atoms with E-state index in [1.54, 1.807) is 62.6 Å². The molecule has 4 aromatic rings. The highest BCUT2D eigenvalue weighted by molar-refractivity contribution is 7.92. The average molecular weight is 558 g/mol. The molecule has 1 N–H and O–H groups in total. The van der Waals surface area contributed by atoms with Crippen LogP contribution in [0.5, 0.6) is 11.5 Å². The van der Waals surface area contributed by atoms with Gasteiger partial charge in [0.1, 0.15) is 13.2 Å². The van der Waals surface area contributed by atoms with Crippen molar-refractivity contribution in [2.75, 3.05) is 18.0 Å². The van der Waals surface area contributed by atoms with Gasteiger partial charge in [-0.05, 0) is 66.9 Å². The number of methoxy groups -OCH3 is 1. The Balaban J connectivity index is 1.47. The van der Waals surface area contributed by atoms with Gasteiger partial charge >= 0.3 is 0 Å². The molecule has 0 radical (unpaired) electrons. The van der Waals surface area contributed by atoms with E-state index in [-0.39, 0.29) is 4.90 Å². The van der Waals surface area contributed by atoms with E-state index in [2.05, 4.69) is 10.5 Å². The molecule has 0 aromatic heterocycles. The van der Waals surface area contributed by atoms with E-state index in [1.807, 2.05) is 43.3 Å². The Labute approximate surface area is 234 Å². The number of hydrogen-bond acceptors (Lipinski definition) is 6. The van der Waals surface area contributed by atoms with Gasteiger partial charge in [0, 0.05) is 0 Å². The maximum atomic E-state index is 13.6. The topological polar surface area (TPSA) is 97.3 Å². The van der Waals surface area contributed by atoms with Crippen LogP contribution in [0.25, 0.3) is 0 Å². The number of nitrogens with zero attached hydrogens (tertiary/aromatic N) is 2. The van der Waals surface area contributed by atoms with Crippen LogP contribution in [-0.2, 0) is 21.4 Å². The molecule has 0 bridgehead atoms. The summed E-state index contributed by atoms with van der Waals surface area (Å²) in [6.07, 6.45) is 1.45. The largest absolute Gasteiger partial charge is 0.493 e. The van der Waals surface area contributed by atoms with Crippen molar-refractivity contribution in [1.82, 2.24) is 5.43 Å². The molecule has 40 heavy (non-hydrogen) atoms. The molecule has 1 amide bonds.